The van der Waals surface area contributed by atoms with Gasteiger partial charge in [0, 0.05) is 6.04 Å². The van der Waals surface area contributed by atoms with E-state index in [0.29, 0.717) is 11.4 Å². The molecule has 0 aliphatic carbocycles. The summed E-state index contributed by atoms with van der Waals surface area (Å²) in [5, 5.41) is 2.88. The van der Waals surface area contributed by atoms with Crippen molar-refractivity contribution in [2.75, 3.05) is 17.1 Å². The molecular formula is C16H24N2O4S. The second-order valence-corrected chi connectivity index (χ2v) is 8.32. The third kappa shape index (κ3) is 3.96. The summed E-state index contributed by atoms with van der Waals surface area (Å²) in [6.07, 6.45) is 0.275. The molecule has 0 saturated heterocycles. The molecule has 2 rings (SSSR count). The predicted octanol–water partition coefficient (Wildman–Crippen LogP) is 1.68. The molecule has 1 aromatic rings. The third-order valence-corrected chi connectivity index (χ3v) is 5.19. The van der Waals surface area contributed by atoms with E-state index in [1.807, 2.05) is 33.8 Å². The van der Waals surface area contributed by atoms with Crippen molar-refractivity contribution >= 4 is 21.6 Å². The standard InChI is InChI=1S/C16H24N2O4S/c1-10(2)12(4)17-16(19)15-9-18(23(5,20)21)13-8-11(3)6-7-14(13)22-15/h6-8,10,12,15H,9H2,1-5H3,(H,17,19)/t12-,15-/m1/s1. The smallest absolute Gasteiger partial charge is 0.263 e. The summed E-state index contributed by atoms with van der Waals surface area (Å²) >= 11 is 0. The summed E-state index contributed by atoms with van der Waals surface area (Å²) in [7, 11) is -3.49. The lowest BCUT2D eigenvalue weighted by atomic mass is 10.1. The zero-order valence-corrected chi connectivity index (χ0v) is 15.0. The molecule has 0 unspecified atom stereocenters. The highest BCUT2D eigenvalue weighted by Crippen LogP contribution is 2.35. The highest BCUT2D eigenvalue weighted by Gasteiger charge is 2.35. The van der Waals surface area contributed by atoms with E-state index < -0.39 is 16.1 Å². The first kappa shape index (κ1) is 17.6. The highest BCUT2D eigenvalue weighted by atomic mass is 32.2. The van der Waals surface area contributed by atoms with Crippen LogP contribution in [0.5, 0.6) is 5.75 Å². The number of nitrogens with zero attached hydrogens (tertiary/aromatic N) is 1. The number of hydrogen-bond donors (Lipinski definition) is 1. The van der Waals surface area contributed by atoms with Gasteiger partial charge in [0.05, 0.1) is 18.5 Å². The molecule has 1 N–H and O–H groups in total. The number of nitrogens with one attached hydrogen (secondary N) is 1. The van der Waals surface area contributed by atoms with Gasteiger partial charge in [0.15, 0.2) is 6.10 Å². The van der Waals surface area contributed by atoms with Gasteiger partial charge in [-0.2, -0.15) is 0 Å². The van der Waals surface area contributed by atoms with Crippen LogP contribution in [-0.2, 0) is 14.8 Å². The van der Waals surface area contributed by atoms with Crippen molar-refractivity contribution < 1.29 is 17.9 Å². The first-order valence-corrected chi connectivity index (χ1v) is 9.50. The first-order valence-electron chi connectivity index (χ1n) is 7.65. The fourth-order valence-electron chi connectivity index (χ4n) is 2.30. The van der Waals surface area contributed by atoms with E-state index in [2.05, 4.69) is 5.32 Å². The number of amides is 1. The molecule has 1 aliphatic heterocycles. The molecule has 1 amide bonds. The Hall–Kier alpha value is -1.76. The number of carbonyl (C=O) groups is 1. The van der Waals surface area contributed by atoms with Crippen LogP contribution in [0.3, 0.4) is 0 Å². The van der Waals surface area contributed by atoms with E-state index in [9.17, 15) is 13.2 Å². The number of sulfonamides is 1. The Morgan fingerprint density at radius 2 is 2.00 bits per heavy atom. The minimum Gasteiger partial charge on any atom is -0.476 e. The fourth-order valence-corrected chi connectivity index (χ4v) is 3.20. The Bertz CT molecular complexity index is 700. The van der Waals surface area contributed by atoms with Gasteiger partial charge in [-0.3, -0.25) is 9.10 Å². The summed E-state index contributed by atoms with van der Waals surface area (Å²) in [4.78, 5) is 12.4. The Balaban J connectivity index is 2.30. The summed E-state index contributed by atoms with van der Waals surface area (Å²) in [5.74, 6) is 0.388. The lowest BCUT2D eigenvalue weighted by Gasteiger charge is -2.34. The van der Waals surface area contributed by atoms with E-state index in [-0.39, 0.29) is 24.4 Å². The Morgan fingerprint density at radius 3 is 2.57 bits per heavy atom. The lowest BCUT2D eigenvalue weighted by molar-refractivity contribution is -0.128. The van der Waals surface area contributed by atoms with Crippen LogP contribution in [0.4, 0.5) is 5.69 Å². The van der Waals surface area contributed by atoms with Crippen LogP contribution in [0.15, 0.2) is 18.2 Å². The van der Waals surface area contributed by atoms with Crippen LogP contribution in [0.2, 0.25) is 0 Å². The number of hydrogen-bond acceptors (Lipinski definition) is 4. The van der Waals surface area contributed by atoms with Gasteiger partial charge < -0.3 is 10.1 Å². The number of fused-ring (bicyclic) bond motifs is 1. The van der Waals surface area contributed by atoms with Crippen molar-refractivity contribution in [3.8, 4) is 5.75 Å². The number of aryl methyl sites for hydroxylation is 1. The average molecular weight is 340 g/mol. The minimum absolute atomic E-state index is 0.0165. The zero-order valence-electron chi connectivity index (χ0n) is 14.2. The van der Waals surface area contributed by atoms with Crippen molar-refractivity contribution in [2.45, 2.75) is 39.8 Å². The molecule has 1 aliphatic rings. The topological polar surface area (TPSA) is 75.7 Å². The maximum absolute atomic E-state index is 12.4. The van der Waals surface area contributed by atoms with E-state index >= 15 is 0 Å². The quantitative estimate of drug-likeness (QED) is 0.905. The molecule has 0 fully saturated rings. The van der Waals surface area contributed by atoms with Crippen LogP contribution >= 0.6 is 0 Å². The van der Waals surface area contributed by atoms with Gasteiger partial charge in [-0.15, -0.1) is 0 Å². The molecule has 0 aromatic heterocycles. The zero-order chi connectivity index (χ0) is 17.4. The second kappa shape index (κ2) is 6.39. The summed E-state index contributed by atoms with van der Waals surface area (Å²) in [5.41, 5.74) is 1.41. The van der Waals surface area contributed by atoms with E-state index in [0.717, 1.165) is 11.8 Å². The number of rotatable bonds is 4. The van der Waals surface area contributed by atoms with Crippen LogP contribution < -0.4 is 14.4 Å². The monoisotopic (exact) mass is 340 g/mol. The number of anilines is 1. The minimum atomic E-state index is -3.49. The highest BCUT2D eigenvalue weighted by molar-refractivity contribution is 7.92. The molecule has 23 heavy (non-hydrogen) atoms. The Labute approximate surface area is 137 Å². The fraction of sp³-hybridized carbons (Fsp3) is 0.562. The van der Waals surface area contributed by atoms with Gasteiger partial charge >= 0.3 is 0 Å². The normalized spacial score (nSPS) is 19.0. The molecule has 2 atom stereocenters. The molecule has 0 saturated carbocycles. The largest absolute Gasteiger partial charge is 0.476 e. The maximum Gasteiger partial charge on any atom is 0.263 e. The molecule has 1 heterocycles. The molecule has 128 valence electrons. The van der Waals surface area contributed by atoms with Crippen molar-refractivity contribution in [2.24, 2.45) is 5.92 Å². The van der Waals surface area contributed by atoms with Crippen molar-refractivity contribution in [3.63, 3.8) is 0 Å². The third-order valence-electron chi connectivity index (χ3n) is 4.05. The van der Waals surface area contributed by atoms with Crippen LogP contribution in [-0.4, -0.2) is 39.3 Å². The maximum atomic E-state index is 12.4. The van der Waals surface area contributed by atoms with Crippen LogP contribution in [0.25, 0.3) is 0 Å². The van der Waals surface area contributed by atoms with Gasteiger partial charge in [0.1, 0.15) is 5.75 Å². The summed E-state index contributed by atoms with van der Waals surface area (Å²) < 4.78 is 31.2. The van der Waals surface area contributed by atoms with E-state index in [1.54, 1.807) is 12.1 Å². The van der Waals surface area contributed by atoms with Crippen LogP contribution in [0, 0.1) is 12.8 Å². The van der Waals surface area contributed by atoms with Gasteiger partial charge in [0.2, 0.25) is 10.0 Å². The molecule has 1 aromatic carbocycles. The van der Waals surface area contributed by atoms with Crippen molar-refractivity contribution in [1.82, 2.24) is 5.32 Å². The lowest BCUT2D eigenvalue weighted by Crippen LogP contribution is -2.52. The van der Waals surface area contributed by atoms with E-state index in [1.165, 1.54) is 4.31 Å². The molecule has 7 heteroatoms. The molecule has 6 nitrogen and oxygen atoms in total. The number of benzene rings is 1. The predicted molar refractivity (Wildman–Crippen MR) is 90.2 cm³/mol. The SMILES string of the molecule is Cc1ccc2c(c1)N(S(C)(=O)=O)C[C@H](C(=O)N[C@H](C)C(C)C)O2. The van der Waals surface area contributed by atoms with Crippen LogP contribution in [0.1, 0.15) is 26.3 Å². The van der Waals surface area contributed by atoms with Gasteiger partial charge in [-0.1, -0.05) is 19.9 Å². The van der Waals surface area contributed by atoms with Gasteiger partial charge in [0.25, 0.3) is 5.91 Å². The average Bonchev–Trinajstić information content (AvgIpc) is 2.44. The first-order chi connectivity index (χ1) is 10.6. The molecule has 0 bridgehead atoms. The molecular weight excluding hydrogens is 316 g/mol. The number of ether oxygens (including phenoxy) is 1. The van der Waals surface area contributed by atoms with Gasteiger partial charge in [-0.25, -0.2) is 8.42 Å². The van der Waals surface area contributed by atoms with Gasteiger partial charge in [-0.05, 0) is 37.5 Å². The molecule has 0 spiro atoms. The summed E-state index contributed by atoms with van der Waals surface area (Å²) in [6, 6.07) is 5.27. The Morgan fingerprint density at radius 1 is 1.35 bits per heavy atom. The van der Waals surface area contributed by atoms with Crippen molar-refractivity contribution in [3.05, 3.63) is 23.8 Å². The molecule has 0 radical (unpaired) electrons. The second-order valence-electron chi connectivity index (χ2n) is 6.41. The Kier molecular flexibility index (Phi) is 4.89. The van der Waals surface area contributed by atoms with Crippen molar-refractivity contribution in [1.29, 1.82) is 0 Å². The summed E-state index contributed by atoms with van der Waals surface area (Å²) in [6.45, 7) is 7.79. The number of carbonyl (C=O) groups excluding carboxylic acids is 1. The van der Waals surface area contributed by atoms with E-state index in [4.69, 9.17) is 4.74 Å².